The predicted molar refractivity (Wildman–Crippen MR) is 92.1 cm³/mol. The molecule has 1 atom stereocenters. The van der Waals surface area contributed by atoms with Crippen LogP contribution in [0.1, 0.15) is 23.7 Å². The van der Waals surface area contributed by atoms with Crippen LogP contribution in [0.2, 0.25) is 0 Å². The minimum absolute atomic E-state index is 0.0600. The van der Waals surface area contributed by atoms with Crippen LogP contribution in [0, 0.1) is 0 Å². The third-order valence-corrected chi connectivity index (χ3v) is 4.13. The summed E-state index contributed by atoms with van der Waals surface area (Å²) in [5.41, 5.74) is 1.81. The van der Waals surface area contributed by atoms with E-state index >= 15 is 0 Å². The van der Waals surface area contributed by atoms with Gasteiger partial charge in [0.05, 0.1) is 0 Å². The van der Waals surface area contributed by atoms with E-state index in [1.165, 1.54) is 0 Å². The second-order valence-corrected chi connectivity index (χ2v) is 6.29. The number of carbonyl (C=O) groups is 2. The highest BCUT2D eigenvalue weighted by atomic mass is 32.2. The first kappa shape index (κ1) is 16.9. The molecule has 2 amide bonds. The minimum Gasteiger partial charge on any atom is -0.326 e. The van der Waals surface area contributed by atoms with Gasteiger partial charge in [0.25, 0.3) is 5.91 Å². The zero-order valence-corrected chi connectivity index (χ0v) is 13.8. The van der Waals surface area contributed by atoms with Crippen molar-refractivity contribution in [2.45, 2.75) is 18.2 Å². The molecule has 2 aromatic carbocycles. The van der Waals surface area contributed by atoms with Crippen molar-refractivity contribution in [2.24, 2.45) is 0 Å². The lowest BCUT2D eigenvalue weighted by Crippen LogP contribution is -2.12. The van der Waals surface area contributed by atoms with Gasteiger partial charge in [0.1, 0.15) is 0 Å². The molecule has 1 unspecified atom stereocenters. The van der Waals surface area contributed by atoms with E-state index in [-0.39, 0.29) is 11.8 Å². The molecular weight excluding hydrogens is 312 g/mol. The Hall–Kier alpha value is -2.47. The largest absolute Gasteiger partial charge is 0.326 e. The number of hydrogen-bond acceptors (Lipinski definition) is 3. The second-order valence-electron chi connectivity index (χ2n) is 4.91. The highest BCUT2D eigenvalue weighted by Crippen LogP contribution is 2.15. The smallest absolute Gasteiger partial charge is 0.255 e. The van der Waals surface area contributed by atoms with Crippen molar-refractivity contribution in [1.29, 1.82) is 0 Å². The van der Waals surface area contributed by atoms with Gasteiger partial charge in [-0.3, -0.25) is 13.8 Å². The molecule has 2 N–H and O–H groups in total. The standard InChI is InChI=1S/C17H18N2O3S/c1-3-16(20)18-13-6-8-14(9-7-13)19-17(21)12-4-10-15(11-5-12)23(2)22/h4-11H,3H2,1-2H3,(H,18,20)(H,19,21). The third-order valence-electron chi connectivity index (χ3n) is 3.20. The van der Waals surface area contributed by atoms with Crippen LogP contribution >= 0.6 is 0 Å². The molecule has 0 aliphatic rings. The summed E-state index contributed by atoms with van der Waals surface area (Å²) in [5, 5.41) is 5.51. The average Bonchev–Trinajstić information content (AvgIpc) is 2.56. The van der Waals surface area contributed by atoms with E-state index in [1.807, 2.05) is 0 Å². The van der Waals surface area contributed by atoms with E-state index in [4.69, 9.17) is 0 Å². The molecular formula is C17H18N2O3S. The summed E-state index contributed by atoms with van der Waals surface area (Å²) in [6.07, 6.45) is 2.00. The molecule has 120 valence electrons. The van der Waals surface area contributed by atoms with Gasteiger partial charge in [-0.2, -0.15) is 0 Å². The maximum Gasteiger partial charge on any atom is 0.255 e. The van der Waals surface area contributed by atoms with Crippen molar-refractivity contribution in [3.8, 4) is 0 Å². The topological polar surface area (TPSA) is 75.3 Å². The fourth-order valence-electron chi connectivity index (χ4n) is 1.89. The number of nitrogens with one attached hydrogen (secondary N) is 2. The van der Waals surface area contributed by atoms with Crippen molar-refractivity contribution in [2.75, 3.05) is 16.9 Å². The van der Waals surface area contributed by atoms with Gasteiger partial charge in [-0.15, -0.1) is 0 Å². The lowest BCUT2D eigenvalue weighted by Gasteiger charge is -2.08. The van der Waals surface area contributed by atoms with Gasteiger partial charge >= 0.3 is 0 Å². The Balaban J connectivity index is 2.02. The summed E-state index contributed by atoms with van der Waals surface area (Å²) in [4.78, 5) is 24.1. The quantitative estimate of drug-likeness (QED) is 0.885. The molecule has 5 nitrogen and oxygen atoms in total. The molecule has 6 heteroatoms. The van der Waals surface area contributed by atoms with Gasteiger partial charge in [0.2, 0.25) is 5.91 Å². The van der Waals surface area contributed by atoms with Gasteiger partial charge in [-0.05, 0) is 48.5 Å². The van der Waals surface area contributed by atoms with Crippen molar-refractivity contribution in [3.05, 3.63) is 54.1 Å². The Bertz CT molecular complexity index is 725. The molecule has 0 radical (unpaired) electrons. The molecule has 2 rings (SSSR count). The van der Waals surface area contributed by atoms with Crippen LogP contribution in [-0.4, -0.2) is 22.3 Å². The molecule has 0 saturated heterocycles. The summed E-state index contributed by atoms with van der Waals surface area (Å²) in [5.74, 6) is -0.307. The van der Waals surface area contributed by atoms with Crippen molar-refractivity contribution < 1.29 is 13.8 Å². The third kappa shape index (κ3) is 4.75. The number of amides is 2. The second kappa shape index (κ2) is 7.69. The number of benzene rings is 2. The van der Waals surface area contributed by atoms with E-state index in [2.05, 4.69) is 10.6 Å². The number of rotatable bonds is 5. The van der Waals surface area contributed by atoms with Gasteiger partial charge in [-0.25, -0.2) is 0 Å². The summed E-state index contributed by atoms with van der Waals surface area (Å²) < 4.78 is 11.3. The molecule has 0 spiro atoms. The maximum absolute atomic E-state index is 12.1. The molecule has 23 heavy (non-hydrogen) atoms. The first-order valence-corrected chi connectivity index (χ1v) is 8.70. The zero-order chi connectivity index (χ0) is 16.8. The lowest BCUT2D eigenvalue weighted by molar-refractivity contribution is -0.115. The first-order chi connectivity index (χ1) is 11.0. The van der Waals surface area contributed by atoms with Crippen LogP contribution in [0.4, 0.5) is 11.4 Å². The van der Waals surface area contributed by atoms with Crippen molar-refractivity contribution in [1.82, 2.24) is 0 Å². The highest BCUT2D eigenvalue weighted by Gasteiger charge is 2.07. The van der Waals surface area contributed by atoms with Crippen molar-refractivity contribution in [3.63, 3.8) is 0 Å². The fraction of sp³-hybridized carbons (Fsp3) is 0.176. The SMILES string of the molecule is CCC(=O)Nc1ccc(NC(=O)c2ccc(S(C)=O)cc2)cc1. The molecule has 0 heterocycles. The monoisotopic (exact) mass is 330 g/mol. The molecule has 0 saturated carbocycles. The van der Waals surface area contributed by atoms with E-state index < -0.39 is 10.8 Å². The van der Waals surface area contributed by atoms with Crippen LogP contribution in [0.15, 0.2) is 53.4 Å². The highest BCUT2D eigenvalue weighted by molar-refractivity contribution is 7.84. The predicted octanol–water partition coefficient (Wildman–Crippen LogP) is 3.02. The van der Waals surface area contributed by atoms with Gasteiger partial charge < -0.3 is 10.6 Å². The first-order valence-electron chi connectivity index (χ1n) is 7.14. The lowest BCUT2D eigenvalue weighted by atomic mass is 10.2. The average molecular weight is 330 g/mol. The Morgan fingerprint density at radius 3 is 1.91 bits per heavy atom. The summed E-state index contributed by atoms with van der Waals surface area (Å²) in [6, 6.07) is 13.5. The van der Waals surface area contributed by atoms with Crippen LogP contribution in [0.5, 0.6) is 0 Å². The molecule has 0 aromatic heterocycles. The van der Waals surface area contributed by atoms with E-state index in [0.717, 1.165) is 0 Å². The molecule has 0 aliphatic heterocycles. The van der Waals surface area contributed by atoms with Crippen LogP contribution in [-0.2, 0) is 15.6 Å². The normalized spacial score (nSPS) is 11.6. The molecule has 0 aliphatic carbocycles. The number of hydrogen-bond donors (Lipinski definition) is 2. The Morgan fingerprint density at radius 1 is 0.913 bits per heavy atom. The summed E-state index contributed by atoms with van der Waals surface area (Å²) in [7, 11) is -1.06. The van der Waals surface area contributed by atoms with E-state index in [9.17, 15) is 13.8 Å². The Kier molecular flexibility index (Phi) is 5.65. The molecule has 2 aromatic rings. The Morgan fingerprint density at radius 2 is 1.43 bits per heavy atom. The van der Waals surface area contributed by atoms with E-state index in [0.29, 0.717) is 28.3 Å². The molecule has 0 fully saturated rings. The van der Waals surface area contributed by atoms with E-state index in [1.54, 1.807) is 61.7 Å². The zero-order valence-electron chi connectivity index (χ0n) is 13.0. The molecule has 0 bridgehead atoms. The van der Waals surface area contributed by atoms with Gasteiger partial charge in [0, 0.05) is 45.3 Å². The van der Waals surface area contributed by atoms with Gasteiger partial charge in [0.15, 0.2) is 0 Å². The minimum atomic E-state index is -1.06. The summed E-state index contributed by atoms with van der Waals surface area (Å²) >= 11 is 0. The Labute approximate surface area is 137 Å². The summed E-state index contributed by atoms with van der Waals surface area (Å²) in [6.45, 7) is 1.78. The number of carbonyl (C=O) groups excluding carboxylic acids is 2. The number of anilines is 2. The van der Waals surface area contributed by atoms with Crippen LogP contribution < -0.4 is 10.6 Å². The van der Waals surface area contributed by atoms with Crippen molar-refractivity contribution >= 4 is 34.0 Å². The van der Waals surface area contributed by atoms with Crippen LogP contribution in [0.25, 0.3) is 0 Å². The maximum atomic E-state index is 12.1. The van der Waals surface area contributed by atoms with Gasteiger partial charge in [-0.1, -0.05) is 6.92 Å². The fourth-order valence-corrected chi connectivity index (χ4v) is 2.41. The van der Waals surface area contributed by atoms with Crippen LogP contribution in [0.3, 0.4) is 0 Å².